The van der Waals surface area contributed by atoms with E-state index in [4.69, 9.17) is 0 Å². The summed E-state index contributed by atoms with van der Waals surface area (Å²) in [5.41, 5.74) is 2.49. The highest BCUT2D eigenvalue weighted by Crippen LogP contribution is 2.23. The Bertz CT molecular complexity index is 553. The molecule has 0 heterocycles. The molecule has 0 saturated carbocycles. The molecule has 0 bridgehead atoms. The number of benzene rings is 2. The van der Waals surface area contributed by atoms with Crippen LogP contribution in [0, 0.1) is 0 Å². The third-order valence-electron chi connectivity index (χ3n) is 3.38. The summed E-state index contributed by atoms with van der Waals surface area (Å²) in [5.74, 6) is 0.316. The van der Waals surface area contributed by atoms with E-state index in [9.17, 15) is 5.11 Å². The van der Waals surface area contributed by atoms with E-state index < -0.39 is 0 Å². The molecular weight excluding hydrogens is 314 g/mol. The monoisotopic (exact) mass is 333 g/mol. The average molecular weight is 334 g/mol. The zero-order valence-electron chi connectivity index (χ0n) is 11.8. The van der Waals surface area contributed by atoms with Gasteiger partial charge in [0.25, 0.3) is 0 Å². The summed E-state index contributed by atoms with van der Waals surface area (Å²) >= 11 is 3.59. The summed E-state index contributed by atoms with van der Waals surface area (Å²) in [6, 6.07) is 16.3. The molecule has 106 valence electrons. The summed E-state index contributed by atoms with van der Waals surface area (Å²) < 4.78 is 1.14. The topological polar surface area (TPSA) is 32.3 Å². The maximum absolute atomic E-state index is 9.29. The lowest BCUT2D eigenvalue weighted by Gasteiger charge is -2.21. The molecule has 0 aromatic heterocycles. The molecule has 0 fully saturated rings. The molecule has 0 aliphatic heterocycles. The second kappa shape index (κ2) is 6.91. The van der Waals surface area contributed by atoms with Crippen LogP contribution < -0.4 is 5.32 Å². The largest absolute Gasteiger partial charge is 0.508 e. The first-order chi connectivity index (χ1) is 9.56. The molecule has 2 nitrogen and oxygen atoms in total. The summed E-state index contributed by atoms with van der Waals surface area (Å²) in [6.07, 6.45) is 0.940. The van der Waals surface area contributed by atoms with Crippen molar-refractivity contribution < 1.29 is 5.11 Å². The SMILES string of the molecule is CC(Cc1ccc(O)cc1)N[C@H](C)c1ccccc1Br. The maximum atomic E-state index is 9.29. The summed E-state index contributed by atoms with van der Waals surface area (Å²) in [7, 11) is 0. The predicted octanol–water partition coefficient (Wildman–Crippen LogP) is 4.44. The van der Waals surface area contributed by atoms with Crippen LogP contribution >= 0.6 is 15.9 Å². The van der Waals surface area contributed by atoms with Crippen molar-refractivity contribution in [2.75, 3.05) is 0 Å². The van der Waals surface area contributed by atoms with E-state index >= 15 is 0 Å². The number of aromatic hydroxyl groups is 1. The van der Waals surface area contributed by atoms with E-state index in [1.54, 1.807) is 12.1 Å². The number of phenols is 1. The fourth-order valence-electron chi connectivity index (χ4n) is 2.39. The molecule has 2 aromatic carbocycles. The number of halogens is 1. The fraction of sp³-hybridized carbons (Fsp3) is 0.294. The van der Waals surface area contributed by atoms with Crippen LogP contribution in [0.1, 0.15) is 31.0 Å². The van der Waals surface area contributed by atoms with Gasteiger partial charge in [0.15, 0.2) is 0 Å². The lowest BCUT2D eigenvalue weighted by molar-refractivity contribution is 0.470. The molecule has 2 atom stereocenters. The van der Waals surface area contributed by atoms with Crippen LogP contribution in [-0.4, -0.2) is 11.1 Å². The van der Waals surface area contributed by atoms with E-state index in [0.29, 0.717) is 11.8 Å². The van der Waals surface area contributed by atoms with Crippen LogP contribution in [0.2, 0.25) is 0 Å². The molecule has 3 heteroatoms. The Morgan fingerprint density at radius 3 is 2.35 bits per heavy atom. The van der Waals surface area contributed by atoms with Gasteiger partial charge in [-0.05, 0) is 49.6 Å². The van der Waals surface area contributed by atoms with Gasteiger partial charge in [-0.1, -0.05) is 46.3 Å². The molecule has 0 aliphatic rings. The quantitative estimate of drug-likeness (QED) is 0.847. The number of hydrogen-bond donors (Lipinski definition) is 2. The molecule has 2 rings (SSSR count). The fourth-order valence-corrected chi connectivity index (χ4v) is 3.02. The first kappa shape index (κ1) is 15.1. The van der Waals surface area contributed by atoms with E-state index in [1.807, 2.05) is 18.2 Å². The van der Waals surface area contributed by atoms with Gasteiger partial charge in [-0.2, -0.15) is 0 Å². The van der Waals surface area contributed by atoms with Crippen LogP contribution in [-0.2, 0) is 6.42 Å². The Kier molecular flexibility index (Phi) is 5.21. The number of phenolic OH excluding ortho intramolecular Hbond substituents is 1. The zero-order valence-corrected chi connectivity index (χ0v) is 13.4. The third-order valence-corrected chi connectivity index (χ3v) is 4.11. The molecule has 0 spiro atoms. The van der Waals surface area contributed by atoms with Crippen LogP contribution in [0.4, 0.5) is 0 Å². The van der Waals surface area contributed by atoms with Gasteiger partial charge < -0.3 is 10.4 Å². The zero-order chi connectivity index (χ0) is 14.5. The van der Waals surface area contributed by atoms with Crippen molar-refractivity contribution in [2.24, 2.45) is 0 Å². The van der Waals surface area contributed by atoms with Crippen LogP contribution in [0.5, 0.6) is 5.75 Å². The first-order valence-electron chi connectivity index (χ1n) is 6.84. The van der Waals surface area contributed by atoms with Gasteiger partial charge in [0, 0.05) is 16.6 Å². The molecular formula is C17H20BrNO. The Hall–Kier alpha value is -1.32. The summed E-state index contributed by atoms with van der Waals surface area (Å²) in [5, 5.41) is 12.9. The van der Waals surface area contributed by atoms with Gasteiger partial charge in [-0.25, -0.2) is 0 Å². The Morgan fingerprint density at radius 2 is 1.70 bits per heavy atom. The third kappa shape index (κ3) is 4.09. The molecule has 20 heavy (non-hydrogen) atoms. The molecule has 0 amide bonds. The van der Waals surface area contributed by atoms with Crippen molar-refractivity contribution >= 4 is 15.9 Å². The van der Waals surface area contributed by atoms with E-state index in [2.05, 4.69) is 53.3 Å². The minimum Gasteiger partial charge on any atom is -0.508 e. The molecule has 1 unspecified atom stereocenters. The average Bonchev–Trinajstić information content (AvgIpc) is 2.41. The van der Waals surface area contributed by atoms with Crippen molar-refractivity contribution in [1.82, 2.24) is 5.32 Å². The van der Waals surface area contributed by atoms with E-state index in [-0.39, 0.29) is 6.04 Å². The van der Waals surface area contributed by atoms with Gasteiger partial charge in [-0.3, -0.25) is 0 Å². The Morgan fingerprint density at radius 1 is 1.05 bits per heavy atom. The molecule has 0 saturated heterocycles. The maximum Gasteiger partial charge on any atom is 0.115 e. The molecule has 0 radical (unpaired) electrons. The van der Waals surface area contributed by atoms with Crippen LogP contribution in [0.3, 0.4) is 0 Å². The summed E-state index contributed by atoms with van der Waals surface area (Å²) in [4.78, 5) is 0. The Labute approximate surface area is 129 Å². The second-order valence-electron chi connectivity index (χ2n) is 5.18. The lowest BCUT2D eigenvalue weighted by atomic mass is 10.0. The van der Waals surface area contributed by atoms with Crippen LogP contribution in [0.25, 0.3) is 0 Å². The van der Waals surface area contributed by atoms with Gasteiger partial charge in [0.1, 0.15) is 5.75 Å². The van der Waals surface area contributed by atoms with Crippen molar-refractivity contribution in [3.8, 4) is 5.75 Å². The minimum atomic E-state index is 0.290. The number of nitrogens with one attached hydrogen (secondary N) is 1. The van der Waals surface area contributed by atoms with Crippen molar-refractivity contribution in [3.05, 3.63) is 64.1 Å². The first-order valence-corrected chi connectivity index (χ1v) is 7.64. The smallest absolute Gasteiger partial charge is 0.115 e. The summed E-state index contributed by atoms with van der Waals surface area (Å²) in [6.45, 7) is 4.35. The molecule has 0 aliphatic carbocycles. The number of hydrogen-bond acceptors (Lipinski definition) is 2. The van der Waals surface area contributed by atoms with Gasteiger partial charge >= 0.3 is 0 Å². The predicted molar refractivity (Wildman–Crippen MR) is 87.0 cm³/mol. The van der Waals surface area contributed by atoms with E-state index in [1.165, 1.54) is 11.1 Å². The van der Waals surface area contributed by atoms with Crippen molar-refractivity contribution in [2.45, 2.75) is 32.4 Å². The van der Waals surface area contributed by atoms with Crippen LogP contribution in [0.15, 0.2) is 53.0 Å². The van der Waals surface area contributed by atoms with Crippen molar-refractivity contribution in [3.63, 3.8) is 0 Å². The van der Waals surface area contributed by atoms with Gasteiger partial charge in [0.05, 0.1) is 0 Å². The lowest BCUT2D eigenvalue weighted by Crippen LogP contribution is -2.30. The normalized spacial score (nSPS) is 13.9. The molecule has 2 N–H and O–H groups in total. The number of rotatable bonds is 5. The highest BCUT2D eigenvalue weighted by atomic mass is 79.9. The van der Waals surface area contributed by atoms with Gasteiger partial charge in [-0.15, -0.1) is 0 Å². The molecule has 2 aromatic rings. The highest BCUT2D eigenvalue weighted by Gasteiger charge is 2.12. The second-order valence-corrected chi connectivity index (χ2v) is 6.04. The van der Waals surface area contributed by atoms with Crippen molar-refractivity contribution in [1.29, 1.82) is 0 Å². The van der Waals surface area contributed by atoms with Gasteiger partial charge in [0.2, 0.25) is 0 Å². The van der Waals surface area contributed by atoms with E-state index in [0.717, 1.165) is 10.9 Å². The minimum absolute atomic E-state index is 0.290. The Balaban J connectivity index is 1.96. The highest BCUT2D eigenvalue weighted by molar-refractivity contribution is 9.10. The standard InChI is InChI=1S/C17H20BrNO/c1-12(11-14-7-9-15(20)10-8-14)19-13(2)16-5-3-4-6-17(16)18/h3-10,12-13,19-20H,11H2,1-2H3/t12?,13-/m1/s1.